The van der Waals surface area contributed by atoms with Crippen LogP contribution in [0.2, 0.25) is 0 Å². The first kappa shape index (κ1) is 12.7. The Morgan fingerprint density at radius 1 is 1.05 bits per heavy atom. The standard InChI is InChI=1S/C15H9F3O2/c16-11-6-5-9(13(17)14(11)18)15(19)10-7-20-12-4-2-1-3-8(10)12/h1-6,10H,7H2. The highest BCUT2D eigenvalue weighted by Gasteiger charge is 2.33. The highest BCUT2D eigenvalue weighted by Crippen LogP contribution is 2.36. The van der Waals surface area contributed by atoms with E-state index in [2.05, 4.69) is 0 Å². The molecule has 0 aliphatic carbocycles. The lowest BCUT2D eigenvalue weighted by molar-refractivity contribution is 0.0942. The Morgan fingerprint density at radius 3 is 2.60 bits per heavy atom. The summed E-state index contributed by atoms with van der Waals surface area (Å²) in [5, 5.41) is 0. The van der Waals surface area contributed by atoms with Crippen LogP contribution >= 0.6 is 0 Å². The number of carbonyl (C=O) groups excluding carboxylic acids is 1. The van der Waals surface area contributed by atoms with Crippen LogP contribution in [-0.2, 0) is 0 Å². The Kier molecular flexibility index (Phi) is 2.97. The van der Waals surface area contributed by atoms with E-state index in [9.17, 15) is 18.0 Å². The summed E-state index contributed by atoms with van der Waals surface area (Å²) in [5.74, 6) is -5.18. The molecule has 2 nitrogen and oxygen atoms in total. The van der Waals surface area contributed by atoms with Gasteiger partial charge in [-0.05, 0) is 18.2 Å². The predicted molar refractivity (Wildman–Crippen MR) is 65.3 cm³/mol. The second kappa shape index (κ2) is 4.67. The molecule has 1 atom stereocenters. The molecule has 2 aromatic rings. The Labute approximate surface area is 112 Å². The van der Waals surface area contributed by atoms with Gasteiger partial charge in [0.05, 0.1) is 11.5 Å². The molecule has 1 heterocycles. The zero-order valence-electron chi connectivity index (χ0n) is 10.2. The number of halogens is 3. The highest BCUT2D eigenvalue weighted by atomic mass is 19.2. The van der Waals surface area contributed by atoms with E-state index in [4.69, 9.17) is 4.74 Å². The second-order valence-electron chi connectivity index (χ2n) is 4.49. The van der Waals surface area contributed by atoms with Gasteiger partial charge in [0.15, 0.2) is 23.2 Å². The van der Waals surface area contributed by atoms with Crippen molar-refractivity contribution >= 4 is 5.78 Å². The molecule has 3 rings (SSSR count). The fourth-order valence-electron chi connectivity index (χ4n) is 2.28. The number of para-hydroxylation sites is 1. The summed E-state index contributed by atoms with van der Waals surface area (Å²) >= 11 is 0. The quantitative estimate of drug-likeness (QED) is 0.621. The summed E-state index contributed by atoms with van der Waals surface area (Å²) in [6.45, 7) is 0.0661. The van der Waals surface area contributed by atoms with Crippen molar-refractivity contribution in [1.29, 1.82) is 0 Å². The van der Waals surface area contributed by atoms with Gasteiger partial charge < -0.3 is 4.74 Å². The van der Waals surface area contributed by atoms with Crippen LogP contribution < -0.4 is 4.74 Å². The third-order valence-corrected chi connectivity index (χ3v) is 3.32. The molecule has 102 valence electrons. The summed E-state index contributed by atoms with van der Waals surface area (Å²) in [6.07, 6.45) is 0. The van der Waals surface area contributed by atoms with Gasteiger partial charge in [0.1, 0.15) is 12.4 Å². The third kappa shape index (κ3) is 1.86. The Bertz CT molecular complexity index is 698. The smallest absolute Gasteiger partial charge is 0.195 e. The number of hydrogen-bond donors (Lipinski definition) is 0. The zero-order chi connectivity index (χ0) is 14.3. The first-order valence-electron chi connectivity index (χ1n) is 5.99. The molecule has 0 saturated heterocycles. The average Bonchev–Trinajstić information content (AvgIpc) is 2.88. The molecule has 0 saturated carbocycles. The van der Waals surface area contributed by atoms with Gasteiger partial charge in [0.25, 0.3) is 0 Å². The molecule has 5 heteroatoms. The van der Waals surface area contributed by atoms with Crippen LogP contribution in [0.1, 0.15) is 21.8 Å². The van der Waals surface area contributed by atoms with Crippen molar-refractivity contribution in [1.82, 2.24) is 0 Å². The monoisotopic (exact) mass is 278 g/mol. The number of hydrogen-bond acceptors (Lipinski definition) is 2. The van der Waals surface area contributed by atoms with Crippen LogP contribution in [0.25, 0.3) is 0 Å². The van der Waals surface area contributed by atoms with Gasteiger partial charge >= 0.3 is 0 Å². The molecule has 1 unspecified atom stereocenters. The molecule has 0 spiro atoms. The largest absolute Gasteiger partial charge is 0.492 e. The van der Waals surface area contributed by atoms with Crippen molar-refractivity contribution < 1.29 is 22.7 Å². The topological polar surface area (TPSA) is 26.3 Å². The van der Waals surface area contributed by atoms with E-state index in [-0.39, 0.29) is 6.61 Å². The number of Topliss-reactive ketones (excluding diaryl/α,β-unsaturated/α-hetero) is 1. The van der Waals surface area contributed by atoms with Crippen molar-refractivity contribution in [2.75, 3.05) is 6.61 Å². The number of rotatable bonds is 2. The average molecular weight is 278 g/mol. The highest BCUT2D eigenvalue weighted by molar-refractivity contribution is 6.02. The lowest BCUT2D eigenvalue weighted by Crippen LogP contribution is -2.16. The van der Waals surface area contributed by atoms with Crippen molar-refractivity contribution in [3.05, 3.63) is 65.0 Å². The molecule has 0 radical (unpaired) electrons. The normalized spacial score (nSPS) is 16.6. The number of carbonyl (C=O) groups is 1. The number of fused-ring (bicyclic) bond motifs is 1. The third-order valence-electron chi connectivity index (χ3n) is 3.32. The maximum Gasteiger partial charge on any atom is 0.195 e. The van der Waals surface area contributed by atoms with Crippen molar-refractivity contribution in [2.24, 2.45) is 0 Å². The van der Waals surface area contributed by atoms with Crippen LogP contribution in [0.15, 0.2) is 36.4 Å². The Morgan fingerprint density at radius 2 is 1.80 bits per heavy atom. The van der Waals surface area contributed by atoms with E-state index >= 15 is 0 Å². The van der Waals surface area contributed by atoms with Gasteiger partial charge in [-0.1, -0.05) is 18.2 Å². The molecule has 0 amide bonds. The van der Waals surface area contributed by atoms with Crippen LogP contribution in [0, 0.1) is 17.5 Å². The summed E-state index contributed by atoms with van der Waals surface area (Å²) in [6, 6.07) is 8.58. The summed E-state index contributed by atoms with van der Waals surface area (Å²) < 4.78 is 45.1. The summed E-state index contributed by atoms with van der Waals surface area (Å²) in [4.78, 5) is 12.3. The molecule has 0 N–H and O–H groups in total. The molecule has 1 aliphatic heterocycles. The molecule has 0 bridgehead atoms. The molecule has 1 aliphatic rings. The molecule has 2 aromatic carbocycles. The lowest BCUT2D eigenvalue weighted by Gasteiger charge is -2.09. The molecular formula is C15H9F3O2. The Hall–Kier alpha value is -2.30. The van der Waals surface area contributed by atoms with E-state index in [0.717, 1.165) is 12.1 Å². The van der Waals surface area contributed by atoms with Crippen molar-refractivity contribution in [2.45, 2.75) is 5.92 Å². The number of ether oxygens (including phenoxy) is 1. The first-order valence-corrected chi connectivity index (χ1v) is 5.99. The van der Waals surface area contributed by atoms with Crippen LogP contribution in [0.3, 0.4) is 0 Å². The van der Waals surface area contributed by atoms with E-state index in [1.807, 2.05) is 0 Å². The minimum absolute atomic E-state index is 0.0661. The molecule has 20 heavy (non-hydrogen) atoms. The minimum Gasteiger partial charge on any atom is -0.492 e. The van der Waals surface area contributed by atoms with Crippen LogP contribution in [-0.4, -0.2) is 12.4 Å². The van der Waals surface area contributed by atoms with Crippen LogP contribution in [0.5, 0.6) is 5.75 Å². The first-order chi connectivity index (χ1) is 9.59. The fraction of sp³-hybridized carbons (Fsp3) is 0.133. The lowest BCUT2D eigenvalue weighted by atomic mass is 9.92. The van der Waals surface area contributed by atoms with Crippen LogP contribution in [0.4, 0.5) is 13.2 Å². The minimum atomic E-state index is -1.64. The van der Waals surface area contributed by atoms with Gasteiger partial charge in [-0.25, -0.2) is 13.2 Å². The van der Waals surface area contributed by atoms with Crippen molar-refractivity contribution in [3.8, 4) is 5.75 Å². The SMILES string of the molecule is O=C(c1ccc(F)c(F)c1F)C1COc2ccccc21. The van der Waals surface area contributed by atoms with Gasteiger partial charge in [0, 0.05) is 5.56 Å². The summed E-state index contributed by atoms with van der Waals surface area (Å²) in [5.41, 5.74) is 0.163. The maximum atomic E-state index is 13.7. The van der Waals surface area contributed by atoms with E-state index in [1.54, 1.807) is 24.3 Å². The van der Waals surface area contributed by atoms with Crippen molar-refractivity contribution in [3.63, 3.8) is 0 Å². The van der Waals surface area contributed by atoms with E-state index < -0.39 is 34.7 Å². The molecular weight excluding hydrogens is 269 g/mol. The Balaban J connectivity index is 2.01. The zero-order valence-corrected chi connectivity index (χ0v) is 10.2. The maximum absolute atomic E-state index is 13.7. The van der Waals surface area contributed by atoms with Gasteiger partial charge in [-0.3, -0.25) is 4.79 Å². The number of ketones is 1. The number of benzene rings is 2. The fourth-order valence-corrected chi connectivity index (χ4v) is 2.28. The molecule has 0 aromatic heterocycles. The van der Waals surface area contributed by atoms with E-state index in [0.29, 0.717) is 11.3 Å². The van der Waals surface area contributed by atoms with Gasteiger partial charge in [-0.15, -0.1) is 0 Å². The molecule has 0 fully saturated rings. The second-order valence-corrected chi connectivity index (χ2v) is 4.49. The van der Waals surface area contributed by atoms with Gasteiger partial charge in [0.2, 0.25) is 0 Å². The van der Waals surface area contributed by atoms with Gasteiger partial charge in [-0.2, -0.15) is 0 Å². The summed E-state index contributed by atoms with van der Waals surface area (Å²) in [7, 11) is 0. The van der Waals surface area contributed by atoms with E-state index in [1.165, 1.54) is 0 Å². The predicted octanol–water partition coefficient (Wildman–Crippen LogP) is 3.46.